The third kappa shape index (κ3) is 6.35. The quantitative estimate of drug-likeness (QED) is 0.542. The van der Waals surface area contributed by atoms with Gasteiger partial charge in [-0.15, -0.1) is 0 Å². The second kappa shape index (κ2) is 10.7. The van der Waals surface area contributed by atoms with E-state index in [-0.39, 0.29) is 12.1 Å². The van der Waals surface area contributed by atoms with Crippen molar-refractivity contribution in [2.75, 3.05) is 39.4 Å². The molecule has 2 fully saturated rings. The summed E-state index contributed by atoms with van der Waals surface area (Å²) in [5, 5.41) is 0. The SMILES string of the molecule is CCOc1ccc(Br)c(CC2CCN(CCC3COC(=O)N(C(C)C)C3)CC2)c1. The van der Waals surface area contributed by atoms with Crippen molar-refractivity contribution in [3.8, 4) is 5.75 Å². The summed E-state index contributed by atoms with van der Waals surface area (Å²) in [6, 6.07) is 6.53. The van der Waals surface area contributed by atoms with Gasteiger partial charge < -0.3 is 19.3 Å². The number of rotatable bonds is 8. The van der Waals surface area contributed by atoms with Crippen LogP contribution in [0.2, 0.25) is 0 Å². The van der Waals surface area contributed by atoms with Crippen molar-refractivity contribution in [1.82, 2.24) is 9.80 Å². The highest BCUT2D eigenvalue weighted by Gasteiger charge is 2.29. The summed E-state index contributed by atoms with van der Waals surface area (Å²) in [6.45, 7) is 11.7. The molecule has 2 aliphatic heterocycles. The Bertz CT molecular complexity index is 674. The number of ether oxygens (including phenoxy) is 2. The van der Waals surface area contributed by atoms with Gasteiger partial charge in [0.15, 0.2) is 0 Å². The van der Waals surface area contributed by atoms with Crippen LogP contribution in [0.1, 0.15) is 45.6 Å². The molecule has 3 rings (SSSR count). The summed E-state index contributed by atoms with van der Waals surface area (Å²) in [5.41, 5.74) is 1.35. The molecule has 1 aromatic rings. The van der Waals surface area contributed by atoms with E-state index in [1.54, 1.807) is 0 Å². The van der Waals surface area contributed by atoms with Gasteiger partial charge in [0.05, 0.1) is 13.2 Å². The summed E-state index contributed by atoms with van der Waals surface area (Å²) in [5.74, 6) is 2.14. The number of cyclic esters (lactones) is 1. The van der Waals surface area contributed by atoms with Gasteiger partial charge in [-0.05, 0) is 95.8 Å². The Labute approximate surface area is 183 Å². The maximum absolute atomic E-state index is 11.8. The Morgan fingerprint density at radius 2 is 2.00 bits per heavy atom. The van der Waals surface area contributed by atoms with Gasteiger partial charge in [0.1, 0.15) is 5.75 Å². The van der Waals surface area contributed by atoms with E-state index in [4.69, 9.17) is 9.47 Å². The first-order valence-electron chi connectivity index (χ1n) is 11.0. The van der Waals surface area contributed by atoms with E-state index in [0.717, 1.165) is 50.7 Å². The molecule has 0 spiro atoms. The number of likely N-dealkylation sites (tertiary alicyclic amines) is 1. The molecule has 2 saturated heterocycles. The van der Waals surface area contributed by atoms with Crippen LogP contribution >= 0.6 is 15.9 Å². The lowest BCUT2D eigenvalue weighted by Crippen LogP contribution is -2.47. The molecule has 1 amide bonds. The lowest BCUT2D eigenvalue weighted by Gasteiger charge is -2.37. The van der Waals surface area contributed by atoms with Crippen LogP contribution in [0.3, 0.4) is 0 Å². The fourth-order valence-electron chi connectivity index (χ4n) is 4.33. The van der Waals surface area contributed by atoms with Crippen LogP contribution in [0.4, 0.5) is 4.79 Å². The lowest BCUT2D eigenvalue weighted by atomic mass is 9.90. The minimum atomic E-state index is -0.156. The third-order valence-electron chi connectivity index (χ3n) is 6.15. The zero-order valence-corrected chi connectivity index (χ0v) is 19.6. The molecule has 0 radical (unpaired) electrons. The first-order chi connectivity index (χ1) is 14.0. The number of carbonyl (C=O) groups excluding carboxylic acids is 1. The zero-order chi connectivity index (χ0) is 20.8. The molecule has 162 valence electrons. The molecule has 1 unspecified atom stereocenters. The van der Waals surface area contributed by atoms with Crippen molar-refractivity contribution in [2.24, 2.45) is 11.8 Å². The summed E-state index contributed by atoms with van der Waals surface area (Å²) >= 11 is 3.70. The molecule has 0 N–H and O–H groups in total. The summed E-state index contributed by atoms with van der Waals surface area (Å²) in [7, 11) is 0. The molecular weight excluding hydrogens is 432 g/mol. The van der Waals surface area contributed by atoms with E-state index in [9.17, 15) is 4.79 Å². The van der Waals surface area contributed by atoms with Crippen LogP contribution in [0.15, 0.2) is 22.7 Å². The van der Waals surface area contributed by atoms with Crippen LogP contribution < -0.4 is 4.74 Å². The Balaban J connectivity index is 1.42. The summed E-state index contributed by atoms with van der Waals surface area (Å²) in [6.07, 6.45) is 4.53. The molecule has 0 saturated carbocycles. The molecule has 1 atom stereocenters. The number of benzene rings is 1. The van der Waals surface area contributed by atoms with E-state index in [0.29, 0.717) is 19.1 Å². The van der Waals surface area contributed by atoms with Gasteiger partial charge in [-0.1, -0.05) is 15.9 Å². The predicted octanol–water partition coefficient (Wildman–Crippen LogP) is 4.97. The number of halogens is 1. The Kier molecular flexibility index (Phi) is 8.25. The van der Waals surface area contributed by atoms with Crippen LogP contribution in [0, 0.1) is 11.8 Å². The first kappa shape index (κ1) is 22.4. The van der Waals surface area contributed by atoms with E-state index in [1.807, 2.05) is 17.9 Å². The van der Waals surface area contributed by atoms with Crippen molar-refractivity contribution in [2.45, 2.75) is 52.5 Å². The van der Waals surface area contributed by atoms with Gasteiger partial charge in [0, 0.05) is 23.0 Å². The van der Waals surface area contributed by atoms with Crippen molar-refractivity contribution >= 4 is 22.0 Å². The van der Waals surface area contributed by atoms with Crippen molar-refractivity contribution in [1.29, 1.82) is 0 Å². The maximum atomic E-state index is 11.8. The Morgan fingerprint density at radius 3 is 2.69 bits per heavy atom. The van der Waals surface area contributed by atoms with Gasteiger partial charge in [-0.25, -0.2) is 4.79 Å². The molecule has 0 aromatic heterocycles. The second-order valence-electron chi connectivity index (χ2n) is 8.65. The number of hydrogen-bond acceptors (Lipinski definition) is 4. The molecular formula is C23H35BrN2O3. The highest BCUT2D eigenvalue weighted by Crippen LogP contribution is 2.29. The van der Waals surface area contributed by atoms with Gasteiger partial charge in [0.25, 0.3) is 0 Å². The molecule has 6 heteroatoms. The van der Waals surface area contributed by atoms with Crippen molar-refractivity contribution in [3.63, 3.8) is 0 Å². The fraction of sp³-hybridized carbons (Fsp3) is 0.696. The molecule has 5 nitrogen and oxygen atoms in total. The minimum Gasteiger partial charge on any atom is -0.494 e. The van der Waals surface area contributed by atoms with Gasteiger partial charge in [-0.2, -0.15) is 0 Å². The highest BCUT2D eigenvalue weighted by atomic mass is 79.9. The number of piperidine rings is 1. The summed E-state index contributed by atoms with van der Waals surface area (Å²) < 4.78 is 12.2. The predicted molar refractivity (Wildman–Crippen MR) is 119 cm³/mol. The molecule has 1 aromatic carbocycles. The number of nitrogens with zero attached hydrogens (tertiary/aromatic N) is 2. The third-order valence-corrected chi connectivity index (χ3v) is 6.93. The van der Waals surface area contributed by atoms with Gasteiger partial charge >= 0.3 is 6.09 Å². The monoisotopic (exact) mass is 466 g/mol. The molecule has 0 aliphatic carbocycles. The smallest absolute Gasteiger partial charge is 0.410 e. The first-order valence-corrected chi connectivity index (χ1v) is 11.8. The lowest BCUT2D eigenvalue weighted by molar-refractivity contribution is 0.0256. The van der Waals surface area contributed by atoms with E-state index >= 15 is 0 Å². The average molecular weight is 467 g/mol. The van der Waals surface area contributed by atoms with Crippen LogP contribution in [0.25, 0.3) is 0 Å². The topological polar surface area (TPSA) is 42.0 Å². The normalized spacial score (nSPS) is 21.5. The largest absolute Gasteiger partial charge is 0.494 e. The number of carbonyl (C=O) groups is 1. The Hall–Kier alpha value is -1.27. The van der Waals surface area contributed by atoms with E-state index < -0.39 is 0 Å². The van der Waals surface area contributed by atoms with Crippen molar-refractivity contribution < 1.29 is 14.3 Å². The molecule has 2 heterocycles. The van der Waals surface area contributed by atoms with E-state index in [2.05, 4.69) is 46.8 Å². The second-order valence-corrected chi connectivity index (χ2v) is 9.51. The molecule has 29 heavy (non-hydrogen) atoms. The molecule has 2 aliphatic rings. The zero-order valence-electron chi connectivity index (χ0n) is 18.0. The maximum Gasteiger partial charge on any atom is 0.410 e. The average Bonchev–Trinajstić information content (AvgIpc) is 2.71. The highest BCUT2D eigenvalue weighted by molar-refractivity contribution is 9.10. The summed E-state index contributed by atoms with van der Waals surface area (Å²) in [4.78, 5) is 16.3. The van der Waals surface area contributed by atoms with Crippen molar-refractivity contribution in [3.05, 3.63) is 28.2 Å². The Morgan fingerprint density at radius 1 is 1.24 bits per heavy atom. The van der Waals surface area contributed by atoms with Crippen LogP contribution in [0.5, 0.6) is 5.75 Å². The minimum absolute atomic E-state index is 0.156. The molecule has 0 bridgehead atoms. The fourth-order valence-corrected chi connectivity index (χ4v) is 4.74. The van der Waals surface area contributed by atoms with Crippen LogP contribution in [-0.2, 0) is 11.2 Å². The van der Waals surface area contributed by atoms with Gasteiger partial charge in [-0.3, -0.25) is 0 Å². The van der Waals surface area contributed by atoms with Crippen LogP contribution in [-0.4, -0.2) is 61.3 Å². The van der Waals surface area contributed by atoms with E-state index in [1.165, 1.54) is 22.9 Å². The van der Waals surface area contributed by atoms with Gasteiger partial charge in [0.2, 0.25) is 0 Å². The standard InChI is InChI=1S/C23H35BrN2O3/c1-4-28-21-5-6-22(24)20(14-21)13-18-7-10-25(11-8-18)12-9-19-15-26(17(2)3)23(27)29-16-19/h5-6,14,17-19H,4,7-13,15-16H2,1-3H3. The number of hydrogen-bond donors (Lipinski definition) is 0. The number of amides is 1.